The van der Waals surface area contributed by atoms with Crippen molar-refractivity contribution in [3.63, 3.8) is 0 Å². The number of hydrogen-bond acceptors (Lipinski definition) is 8. The summed E-state index contributed by atoms with van der Waals surface area (Å²) in [5.74, 6) is 1.30. The third-order valence-electron chi connectivity index (χ3n) is 7.70. The van der Waals surface area contributed by atoms with E-state index in [4.69, 9.17) is 18.9 Å². The van der Waals surface area contributed by atoms with Gasteiger partial charge in [0.25, 0.3) is 5.56 Å². The minimum absolute atomic E-state index is 0.114. The smallest absolute Gasteiger partial charge is 0.338 e. The molecule has 5 aromatic rings. The summed E-state index contributed by atoms with van der Waals surface area (Å²) >= 11 is 1.27. The molecular weight excluding hydrogens is 576 g/mol. The molecule has 220 valence electrons. The summed E-state index contributed by atoms with van der Waals surface area (Å²) in [6.07, 6.45) is 1.82. The number of rotatable bonds is 7. The number of esters is 1. The molecule has 7 rings (SSSR count). The zero-order valence-electron chi connectivity index (χ0n) is 24.1. The molecule has 0 amide bonds. The number of thiazole rings is 1. The Morgan fingerprint density at radius 2 is 1.82 bits per heavy atom. The number of hydrogen-bond donors (Lipinski definition) is 0. The largest absolute Gasteiger partial charge is 0.488 e. The van der Waals surface area contributed by atoms with Gasteiger partial charge in [-0.25, -0.2) is 9.79 Å². The highest BCUT2D eigenvalue weighted by atomic mass is 32.1. The lowest BCUT2D eigenvalue weighted by Gasteiger charge is -2.24. The van der Waals surface area contributed by atoms with Crippen molar-refractivity contribution in [2.75, 3.05) is 13.4 Å². The summed E-state index contributed by atoms with van der Waals surface area (Å²) in [5, 5.41) is 2.29. The fraction of sp³-hybridized carbons (Fsp3) is 0.171. The Balaban J connectivity index is 1.30. The van der Waals surface area contributed by atoms with Crippen LogP contribution in [0.5, 0.6) is 17.2 Å². The number of allylic oxidation sites excluding steroid dienone is 1. The van der Waals surface area contributed by atoms with Crippen molar-refractivity contribution in [3.05, 3.63) is 133 Å². The summed E-state index contributed by atoms with van der Waals surface area (Å²) in [6, 6.07) is 26.7. The first-order valence-corrected chi connectivity index (χ1v) is 15.1. The first-order chi connectivity index (χ1) is 21.5. The van der Waals surface area contributed by atoms with Gasteiger partial charge in [-0.2, -0.15) is 0 Å². The summed E-state index contributed by atoms with van der Waals surface area (Å²) in [7, 11) is 0. The van der Waals surface area contributed by atoms with Gasteiger partial charge in [-0.1, -0.05) is 78.1 Å². The number of ether oxygens (including phenoxy) is 4. The van der Waals surface area contributed by atoms with E-state index in [1.807, 2.05) is 54.6 Å². The Hall–Kier alpha value is -5.15. The topological polar surface area (TPSA) is 88.4 Å². The molecule has 3 heterocycles. The predicted molar refractivity (Wildman–Crippen MR) is 168 cm³/mol. The van der Waals surface area contributed by atoms with E-state index < -0.39 is 12.0 Å². The molecule has 1 aromatic heterocycles. The summed E-state index contributed by atoms with van der Waals surface area (Å²) in [5.41, 5.74) is 3.07. The molecular formula is C35H28N2O6S. The third kappa shape index (κ3) is 4.95. The Morgan fingerprint density at radius 1 is 1.02 bits per heavy atom. The molecule has 1 atom stereocenters. The second-order valence-electron chi connectivity index (χ2n) is 10.4. The van der Waals surface area contributed by atoms with Gasteiger partial charge in [-0.15, -0.1) is 0 Å². The van der Waals surface area contributed by atoms with Crippen LogP contribution < -0.4 is 29.1 Å². The van der Waals surface area contributed by atoms with Gasteiger partial charge in [0.05, 0.1) is 28.5 Å². The fourth-order valence-electron chi connectivity index (χ4n) is 5.64. The molecule has 0 unspecified atom stereocenters. The van der Waals surface area contributed by atoms with Crippen molar-refractivity contribution in [3.8, 4) is 17.2 Å². The van der Waals surface area contributed by atoms with E-state index in [0.29, 0.717) is 50.0 Å². The van der Waals surface area contributed by atoms with Crippen molar-refractivity contribution >= 4 is 34.2 Å². The fourth-order valence-corrected chi connectivity index (χ4v) is 6.67. The van der Waals surface area contributed by atoms with E-state index in [0.717, 1.165) is 21.9 Å². The number of benzene rings is 4. The summed E-state index contributed by atoms with van der Waals surface area (Å²) in [6.45, 7) is 4.20. The van der Waals surface area contributed by atoms with Crippen molar-refractivity contribution in [2.24, 2.45) is 4.99 Å². The number of carbonyl (C=O) groups excluding carboxylic acids is 1. The van der Waals surface area contributed by atoms with E-state index in [1.54, 1.807) is 30.5 Å². The van der Waals surface area contributed by atoms with Gasteiger partial charge in [0, 0.05) is 5.56 Å². The number of nitrogens with zero attached hydrogens (tertiary/aromatic N) is 2. The van der Waals surface area contributed by atoms with E-state index in [2.05, 4.69) is 29.3 Å². The number of carbonyl (C=O) groups is 1. The van der Waals surface area contributed by atoms with Gasteiger partial charge >= 0.3 is 5.97 Å². The molecule has 4 aromatic carbocycles. The first-order valence-electron chi connectivity index (χ1n) is 14.3. The molecule has 0 saturated heterocycles. The van der Waals surface area contributed by atoms with Crippen LogP contribution in [0.3, 0.4) is 0 Å². The van der Waals surface area contributed by atoms with E-state index in [-0.39, 0.29) is 19.0 Å². The molecule has 2 aliphatic rings. The maximum absolute atomic E-state index is 14.1. The van der Waals surface area contributed by atoms with Crippen molar-refractivity contribution in [1.29, 1.82) is 0 Å². The van der Waals surface area contributed by atoms with E-state index in [9.17, 15) is 9.59 Å². The highest BCUT2D eigenvalue weighted by molar-refractivity contribution is 7.07. The molecule has 8 nitrogen and oxygen atoms in total. The SMILES string of the molecule is CCOC(=O)C1=C(C)N=c2s/c(=C\c3ccccc3OCc3cccc4ccccc34)c(=O)n2[C@H]1c1ccc2c(c1)OCO2. The van der Waals surface area contributed by atoms with Gasteiger partial charge in [0.2, 0.25) is 6.79 Å². The highest BCUT2D eigenvalue weighted by Crippen LogP contribution is 2.38. The molecule has 0 radical (unpaired) electrons. The molecule has 0 aliphatic carbocycles. The van der Waals surface area contributed by atoms with Gasteiger partial charge in [0.15, 0.2) is 16.3 Å². The lowest BCUT2D eigenvalue weighted by Crippen LogP contribution is -2.39. The normalized spacial score (nSPS) is 15.7. The van der Waals surface area contributed by atoms with Crippen LogP contribution in [0.1, 0.15) is 36.6 Å². The molecule has 0 N–H and O–H groups in total. The molecule has 0 fully saturated rings. The van der Waals surface area contributed by atoms with Crippen LogP contribution in [0.25, 0.3) is 16.8 Å². The Bertz CT molecular complexity index is 2140. The van der Waals surface area contributed by atoms with Crippen LogP contribution in [0.4, 0.5) is 0 Å². The monoisotopic (exact) mass is 604 g/mol. The zero-order valence-corrected chi connectivity index (χ0v) is 24.9. The summed E-state index contributed by atoms with van der Waals surface area (Å²) in [4.78, 5) is 32.5. The summed E-state index contributed by atoms with van der Waals surface area (Å²) < 4.78 is 24.9. The quantitative estimate of drug-likeness (QED) is 0.236. The Kier molecular flexibility index (Phi) is 7.23. The maximum atomic E-state index is 14.1. The van der Waals surface area contributed by atoms with Gasteiger partial charge in [-0.05, 0) is 60.0 Å². The van der Waals surface area contributed by atoms with E-state index >= 15 is 0 Å². The number of fused-ring (bicyclic) bond motifs is 3. The molecule has 0 spiro atoms. The molecule has 2 aliphatic heterocycles. The van der Waals surface area contributed by atoms with Crippen LogP contribution in [0, 0.1) is 0 Å². The van der Waals surface area contributed by atoms with Crippen LogP contribution in [-0.4, -0.2) is 23.9 Å². The highest BCUT2D eigenvalue weighted by Gasteiger charge is 2.34. The standard InChI is InChI=1S/C35H28N2O6S/c1-3-40-34(39)31-21(2)36-35-37(32(31)24-15-16-28-29(17-24)43-20-42-28)33(38)30(44-35)18-23-10-5-7-14-27(23)41-19-25-12-8-11-22-9-4-6-13-26(22)25/h4-18,32H,3,19-20H2,1-2H3/b30-18-/t32-/m0/s1. The number of para-hydroxylation sites is 1. The van der Waals surface area contributed by atoms with Gasteiger partial charge < -0.3 is 18.9 Å². The minimum Gasteiger partial charge on any atom is -0.488 e. The lowest BCUT2D eigenvalue weighted by molar-refractivity contribution is -0.139. The Labute approximate surface area is 256 Å². The van der Waals surface area contributed by atoms with Gasteiger partial charge in [0.1, 0.15) is 12.4 Å². The minimum atomic E-state index is -0.750. The van der Waals surface area contributed by atoms with Crippen LogP contribution in [0.15, 0.2) is 106 Å². The maximum Gasteiger partial charge on any atom is 0.338 e. The zero-order chi connectivity index (χ0) is 30.2. The molecule has 9 heteroatoms. The first kappa shape index (κ1) is 27.7. The average Bonchev–Trinajstić information content (AvgIpc) is 3.63. The van der Waals surface area contributed by atoms with Crippen LogP contribution in [0.2, 0.25) is 0 Å². The van der Waals surface area contributed by atoms with Crippen LogP contribution >= 0.6 is 11.3 Å². The average molecular weight is 605 g/mol. The third-order valence-corrected chi connectivity index (χ3v) is 8.68. The van der Waals surface area contributed by atoms with Crippen molar-refractivity contribution in [1.82, 2.24) is 4.57 Å². The van der Waals surface area contributed by atoms with E-state index in [1.165, 1.54) is 11.3 Å². The molecule has 0 saturated carbocycles. The van der Waals surface area contributed by atoms with Crippen molar-refractivity contribution < 1.29 is 23.7 Å². The number of aromatic nitrogens is 1. The molecule has 0 bridgehead atoms. The van der Waals surface area contributed by atoms with Gasteiger partial charge in [-0.3, -0.25) is 9.36 Å². The second-order valence-corrected chi connectivity index (χ2v) is 11.4. The molecule has 44 heavy (non-hydrogen) atoms. The second kappa shape index (κ2) is 11.5. The lowest BCUT2D eigenvalue weighted by atomic mass is 9.95. The Morgan fingerprint density at radius 3 is 2.70 bits per heavy atom. The van der Waals surface area contributed by atoms with Crippen molar-refractivity contribution in [2.45, 2.75) is 26.5 Å². The van der Waals surface area contributed by atoms with Crippen LogP contribution in [-0.2, 0) is 16.1 Å². The predicted octanol–water partition coefficient (Wildman–Crippen LogP) is 5.26.